The maximum Gasteiger partial charge on any atom is 0.238 e. The molecule has 0 aromatic heterocycles. The molecule has 1 unspecified atom stereocenters. The lowest BCUT2D eigenvalue weighted by atomic mass is 9.92. The van der Waals surface area contributed by atoms with E-state index in [0.717, 1.165) is 50.0 Å². The van der Waals surface area contributed by atoms with Crippen LogP contribution in [-0.2, 0) is 9.59 Å². The Balaban J connectivity index is 1.45. The Hall–Kier alpha value is -2.66. The SMILES string of the molecule is CCCC(C(=O)NC1CCN(CC(=O)Nc2ccccc2)CC1)c1ccccc1. The van der Waals surface area contributed by atoms with Gasteiger partial charge in [-0.15, -0.1) is 0 Å². The topological polar surface area (TPSA) is 61.4 Å². The number of rotatable bonds is 8. The first kappa shape index (κ1) is 21.1. The minimum Gasteiger partial charge on any atom is -0.353 e. The third-order valence-electron chi connectivity index (χ3n) is 5.45. The molecule has 2 N–H and O–H groups in total. The number of carbonyl (C=O) groups is 2. The predicted molar refractivity (Wildman–Crippen MR) is 117 cm³/mol. The molecule has 29 heavy (non-hydrogen) atoms. The van der Waals surface area contributed by atoms with Crippen LogP contribution in [0.2, 0.25) is 0 Å². The molecule has 2 amide bonds. The fourth-order valence-electron chi connectivity index (χ4n) is 3.89. The molecular formula is C24H31N3O2. The van der Waals surface area contributed by atoms with E-state index in [1.807, 2.05) is 60.7 Å². The first-order valence-electron chi connectivity index (χ1n) is 10.6. The number of hydrogen-bond donors (Lipinski definition) is 2. The van der Waals surface area contributed by atoms with Gasteiger partial charge in [0.25, 0.3) is 0 Å². The maximum absolute atomic E-state index is 12.9. The van der Waals surface area contributed by atoms with Gasteiger partial charge in [-0.1, -0.05) is 61.9 Å². The average molecular weight is 394 g/mol. The first-order chi connectivity index (χ1) is 14.2. The van der Waals surface area contributed by atoms with Crippen molar-refractivity contribution < 1.29 is 9.59 Å². The number of hydrogen-bond acceptors (Lipinski definition) is 3. The van der Waals surface area contributed by atoms with Crippen LogP contribution in [0.5, 0.6) is 0 Å². The monoisotopic (exact) mass is 393 g/mol. The third kappa shape index (κ3) is 6.43. The average Bonchev–Trinajstić information content (AvgIpc) is 2.74. The normalized spacial score (nSPS) is 16.2. The Kier molecular flexibility index (Phi) is 7.82. The van der Waals surface area contributed by atoms with Crippen LogP contribution in [0.25, 0.3) is 0 Å². The van der Waals surface area contributed by atoms with E-state index in [2.05, 4.69) is 22.5 Å². The summed E-state index contributed by atoms with van der Waals surface area (Å²) in [5.74, 6) is 0.0416. The van der Waals surface area contributed by atoms with Gasteiger partial charge >= 0.3 is 0 Å². The Morgan fingerprint density at radius 1 is 1.00 bits per heavy atom. The fraction of sp³-hybridized carbons (Fsp3) is 0.417. The van der Waals surface area contributed by atoms with Gasteiger partial charge in [0.1, 0.15) is 0 Å². The van der Waals surface area contributed by atoms with Gasteiger partial charge in [0.15, 0.2) is 0 Å². The van der Waals surface area contributed by atoms with Crippen molar-refractivity contribution in [3.8, 4) is 0 Å². The van der Waals surface area contributed by atoms with Crippen molar-refractivity contribution in [2.45, 2.75) is 44.6 Å². The highest BCUT2D eigenvalue weighted by Gasteiger charge is 2.26. The largest absolute Gasteiger partial charge is 0.353 e. The number of carbonyl (C=O) groups excluding carboxylic acids is 2. The van der Waals surface area contributed by atoms with Gasteiger partial charge < -0.3 is 10.6 Å². The second-order valence-electron chi connectivity index (χ2n) is 7.73. The van der Waals surface area contributed by atoms with Gasteiger partial charge in [0.2, 0.25) is 11.8 Å². The summed E-state index contributed by atoms with van der Waals surface area (Å²) in [5, 5.41) is 6.18. The summed E-state index contributed by atoms with van der Waals surface area (Å²) in [5.41, 5.74) is 1.91. The Bertz CT molecular complexity index is 771. The highest BCUT2D eigenvalue weighted by Crippen LogP contribution is 2.22. The van der Waals surface area contributed by atoms with Crippen LogP contribution in [0.15, 0.2) is 60.7 Å². The Labute approximate surface area is 173 Å². The molecule has 0 radical (unpaired) electrons. The molecule has 2 aromatic carbocycles. The number of amides is 2. The second kappa shape index (κ2) is 10.8. The van der Waals surface area contributed by atoms with Gasteiger partial charge in [-0.25, -0.2) is 0 Å². The summed E-state index contributed by atoms with van der Waals surface area (Å²) in [6.07, 6.45) is 3.58. The zero-order valence-electron chi connectivity index (χ0n) is 17.1. The molecule has 1 fully saturated rings. The first-order valence-corrected chi connectivity index (χ1v) is 10.6. The van der Waals surface area contributed by atoms with Crippen LogP contribution < -0.4 is 10.6 Å². The predicted octanol–water partition coefficient (Wildman–Crippen LogP) is 3.79. The van der Waals surface area contributed by atoms with E-state index in [9.17, 15) is 9.59 Å². The lowest BCUT2D eigenvalue weighted by Gasteiger charge is -2.32. The molecule has 2 aromatic rings. The van der Waals surface area contributed by atoms with Crippen LogP contribution in [0.1, 0.15) is 44.1 Å². The van der Waals surface area contributed by atoms with Gasteiger partial charge in [-0.05, 0) is 37.0 Å². The summed E-state index contributed by atoms with van der Waals surface area (Å²) < 4.78 is 0. The minimum atomic E-state index is -0.0871. The zero-order chi connectivity index (χ0) is 20.5. The molecule has 0 spiro atoms. The zero-order valence-corrected chi connectivity index (χ0v) is 17.1. The smallest absolute Gasteiger partial charge is 0.238 e. The van der Waals surface area contributed by atoms with E-state index in [4.69, 9.17) is 0 Å². The Morgan fingerprint density at radius 2 is 1.62 bits per heavy atom. The number of benzene rings is 2. The van der Waals surface area contributed by atoms with Gasteiger partial charge in [-0.3, -0.25) is 14.5 Å². The summed E-state index contributed by atoms with van der Waals surface area (Å²) in [6, 6.07) is 19.7. The quantitative estimate of drug-likeness (QED) is 0.717. The van der Waals surface area contributed by atoms with Crippen LogP contribution in [0, 0.1) is 0 Å². The molecule has 1 aliphatic heterocycles. The number of para-hydroxylation sites is 1. The number of anilines is 1. The molecule has 1 atom stereocenters. The molecule has 1 heterocycles. The summed E-state index contributed by atoms with van der Waals surface area (Å²) in [6.45, 7) is 4.13. The molecular weight excluding hydrogens is 362 g/mol. The molecule has 1 saturated heterocycles. The minimum absolute atomic E-state index is 0.00535. The van der Waals surface area contributed by atoms with E-state index >= 15 is 0 Å². The molecule has 5 heteroatoms. The molecule has 154 valence electrons. The van der Waals surface area contributed by atoms with Crippen molar-refractivity contribution >= 4 is 17.5 Å². The summed E-state index contributed by atoms with van der Waals surface area (Å²) in [4.78, 5) is 27.3. The van der Waals surface area contributed by atoms with Crippen molar-refractivity contribution in [1.29, 1.82) is 0 Å². The number of likely N-dealkylation sites (tertiary alicyclic amines) is 1. The van der Waals surface area contributed by atoms with Crippen LogP contribution >= 0.6 is 0 Å². The van der Waals surface area contributed by atoms with E-state index in [1.165, 1.54) is 0 Å². The lowest BCUT2D eigenvalue weighted by Crippen LogP contribution is -2.47. The molecule has 1 aliphatic rings. The van der Waals surface area contributed by atoms with E-state index in [-0.39, 0.29) is 23.8 Å². The van der Waals surface area contributed by atoms with Crippen LogP contribution in [0.4, 0.5) is 5.69 Å². The molecule has 5 nitrogen and oxygen atoms in total. The van der Waals surface area contributed by atoms with Gasteiger partial charge in [0, 0.05) is 24.8 Å². The molecule has 0 aliphatic carbocycles. The van der Waals surface area contributed by atoms with Crippen molar-refractivity contribution in [3.63, 3.8) is 0 Å². The van der Waals surface area contributed by atoms with E-state index in [1.54, 1.807) is 0 Å². The van der Waals surface area contributed by atoms with E-state index in [0.29, 0.717) is 6.54 Å². The summed E-state index contributed by atoms with van der Waals surface area (Å²) in [7, 11) is 0. The summed E-state index contributed by atoms with van der Waals surface area (Å²) >= 11 is 0. The maximum atomic E-state index is 12.9. The van der Waals surface area contributed by atoms with Gasteiger partial charge in [0.05, 0.1) is 12.5 Å². The number of piperidine rings is 1. The number of nitrogens with one attached hydrogen (secondary N) is 2. The Morgan fingerprint density at radius 3 is 2.24 bits per heavy atom. The molecule has 3 rings (SSSR count). The standard InChI is InChI=1S/C24H31N3O2/c1-2-9-22(19-10-5-3-6-11-19)24(29)26-21-14-16-27(17-15-21)18-23(28)25-20-12-7-4-8-13-20/h3-8,10-13,21-22H,2,9,14-18H2,1H3,(H,25,28)(H,26,29). The van der Waals surface area contributed by atoms with Crippen molar-refractivity contribution in [1.82, 2.24) is 10.2 Å². The van der Waals surface area contributed by atoms with Crippen molar-refractivity contribution in [2.75, 3.05) is 25.0 Å². The highest BCUT2D eigenvalue weighted by atomic mass is 16.2. The van der Waals surface area contributed by atoms with E-state index < -0.39 is 0 Å². The highest BCUT2D eigenvalue weighted by molar-refractivity contribution is 5.92. The number of nitrogens with zero attached hydrogens (tertiary/aromatic N) is 1. The molecule has 0 saturated carbocycles. The van der Waals surface area contributed by atoms with Crippen molar-refractivity contribution in [2.24, 2.45) is 0 Å². The fourth-order valence-corrected chi connectivity index (χ4v) is 3.89. The lowest BCUT2D eigenvalue weighted by molar-refractivity contribution is -0.124. The molecule has 0 bridgehead atoms. The van der Waals surface area contributed by atoms with Crippen molar-refractivity contribution in [3.05, 3.63) is 66.2 Å². The van der Waals surface area contributed by atoms with Crippen LogP contribution in [0.3, 0.4) is 0 Å². The van der Waals surface area contributed by atoms with Gasteiger partial charge in [-0.2, -0.15) is 0 Å². The third-order valence-corrected chi connectivity index (χ3v) is 5.45. The van der Waals surface area contributed by atoms with Crippen LogP contribution in [-0.4, -0.2) is 42.4 Å². The second-order valence-corrected chi connectivity index (χ2v) is 7.73.